The number of benzene rings is 2. The highest BCUT2D eigenvalue weighted by molar-refractivity contribution is 7.90. The highest BCUT2D eigenvalue weighted by Crippen LogP contribution is 2.33. The summed E-state index contributed by atoms with van der Waals surface area (Å²) in [7, 11) is -3.73. The van der Waals surface area contributed by atoms with Gasteiger partial charge in [-0.15, -0.1) is 0 Å². The third-order valence-corrected chi connectivity index (χ3v) is 6.14. The molecule has 8 nitrogen and oxygen atoms in total. The van der Waals surface area contributed by atoms with Gasteiger partial charge < -0.3 is 10.1 Å². The average Bonchev–Trinajstić information content (AvgIpc) is 2.69. The lowest BCUT2D eigenvalue weighted by Gasteiger charge is -2.35. The molecule has 1 fully saturated rings. The molecule has 9 heteroatoms. The van der Waals surface area contributed by atoms with Crippen molar-refractivity contribution in [1.29, 1.82) is 0 Å². The van der Waals surface area contributed by atoms with Crippen molar-refractivity contribution in [2.45, 2.75) is 17.9 Å². The number of nitro benzene ring substituents is 1. The van der Waals surface area contributed by atoms with Gasteiger partial charge in [0.15, 0.2) is 9.84 Å². The summed E-state index contributed by atoms with van der Waals surface area (Å²) in [5, 5.41) is 14.7. The van der Waals surface area contributed by atoms with E-state index in [1.54, 1.807) is 6.07 Å². The molecule has 2 aromatic carbocycles. The molecule has 1 aliphatic heterocycles. The lowest BCUT2D eigenvalue weighted by Crippen LogP contribution is -2.41. The number of sulfone groups is 1. The van der Waals surface area contributed by atoms with E-state index in [9.17, 15) is 18.5 Å². The molecule has 0 saturated carbocycles. The maximum Gasteiger partial charge on any atom is 0.310 e. The fraction of sp³-hybridized carbons (Fsp3) is 0.400. The maximum absolute atomic E-state index is 12.0. The highest BCUT2D eigenvalue weighted by atomic mass is 32.2. The molecule has 3 rings (SSSR count). The lowest BCUT2D eigenvalue weighted by molar-refractivity contribution is -0.386. The van der Waals surface area contributed by atoms with Crippen LogP contribution in [0.15, 0.2) is 47.4 Å². The van der Waals surface area contributed by atoms with Gasteiger partial charge in [0.1, 0.15) is 10.6 Å². The Hall–Kier alpha value is -2.49. The van der Waals surface area contributed by atoms with Gasteiger partial charge in [0, 0.05) is 25.9 Å². The molecule has 0 aliphatic carbocycles. The molecule has 0 aromatic heterocycles. The van der Waals surface area contributed by atoms with Crippen molar-refractivity contribution in [3.8, 4) is 0 Å². The Bertz CT molecular complexity index is 970. The number of aryl methyl sites for hydroxylation is 1. The van der Waals surface area contributed by atoms with Crippen molar-refractivity contribution in [2.75, 3.05) is 44.4 Å². The number of hydrogen-bond acceptors (Lipinski definition) is 7. The van der Waals surface area contributed by atoms with E-state index < -0.39 is 20.4 Å². The van der Waals surface area contributed by atoms with Gasteiger partial charge in [-0.2, -0.15) is 0 Å². The Balaban J connectivity index is 1.91. The van der Waals surface area contributed by atoms with Gasteiger partial charge in [0.2, 0.25) is 0 Å². The fourth-order valence-electron chi connectivity index (χ4n) is 3.49. The summed E-state index contributed by atoms with van der Waals surface area (Å²) >= 11 is 0. The van der Waals surface area contributed by atoms with Crippen molar-refractivity contribution in [3.05, 3.63) is 63.7 Å². The number of para-hydroxylation sites is 1. The molecule has 0 amide bonds. The van der Waals surface area contributed by atoms with Crippen LogP contribution < -0.4 is 5.32 Å². The number of nitro groups is 1. The zero-order valence-electron chi connectivity index (χ0n) is 16.5. The van der Waals surface area contributed by atoms with Crippen molar-refractivity contribution in [2.24, 2.45) is 0 Å². The first-order valence-electron chi connectivity index (χ1n) is 9.37. The minimum absolute atomic E-state index is 0.0269. The molecular weight excluding hydrogens is 394 g/mol. The molecule has 1 saturated heterocycles. The Labute approximate surface area is 170 Å². The number of hydrogen-bond donors (Lipinski definition) is 1. The maximum atomic E-state index is 12.0. The van der Waals surface area contributed by atoms with Gasteiger partial charge in [0.05, 0.1) is 24.2 Å². The summed E-state index contributed by atoms with van der Waals surface area (Å²) in [6.45, 7) is 5.19. The second kappa shape index (κ2) is 8.89. The highest BCUT2D eigenvalue weighted by Gasteiger charge is 2.28. The number of rotatable bonds is 7. The van der Waals surface area contributed by atoms with Crippen LogP contribution in [0, 0.1) is 17.0 Å². The summed E-state index contributed by atoms with van der Waals surface area (Å²) in [6.07, 6.45) is 0.974. The molecular formula is C20H25N3O5S. The number of nitrogens with one attached hydrogen (secondary N) is 1. The number of morpholine rings is 1. The average molecular weight is 420 g/mol. The molecule has 1 aliphatic rings. The first kappa shape index (κ1) is 21.2. The normalized spacial score (nSPS) is 16.3. The third kappa shape index (κ3) is 5.11. The van der Waals surface area contributed by atoms with Gasteiger partial charge >= 0.3 is 5.69 Å². The van der Waals surface area contributed by atoms with E-state index in [4.69, 9.17) is 4.74 Å². The second-order valence-corrected chi connectivity index (χ2v) is 9.12. The first-order chi connectivity index (χ1) is 13.8. The van der Waals surface area contributed by atoms with Crippen LogP contribution in [0.1, 0.15) is 17.2 Å². The zero-order chi connectivity index (χ0) is 21.0. The Morgan fingerprint density at radius 1 is 1.17 bits per heavy atom. The van der Waals surface area contributed by atoms with Crippen LogP contribution in [0.5, 0.6) is 0 Å². The lowest BCUT2D eigenvalue weighted by atomic mass is 10.0. The largest absolute Gasteiger partial charge is 0.379 e. The second-order valence-electron chi connectivity index (χ2n) is 7.14. The predicted octanol–water partition coefficient (Wildman–Crippen LogP) is 2.79. The first-order valence-corrected chi connectivity index (χ1v) is 11.3. The Kier molecular flexibility index (Phi) is 6.51. The molecule has 2 aromatic rings. The Morgan fingerprint density at radius 3 is 2.41 bits per heavy atom. The van der Waals surface area contributed by atoms with Crippen molar-refractivity contribution in [3.63, 3.8) is 0 Å². The topological polar surface area (TPSA) is 102 Å². The quantitative estimate of drug-likeness (QED) is 0.544. The van der Waals surface area contributed by atoms with E-state index >= 15 is 0 Å². The van der Waals surface area contributed by atoms with E-state index in [0.29, 0.717) is 19.8 Å². The molecule has 1 unspecified atom stereocenters. The molecule has 0 spiro atoms. The smallest absolute Gasteiger partial charge is 0.310 e. The molecule has 1 atom stereocenters. The monoisotopic (exact) mass is 419 g/mol. The molecule has 1 heterocycles. The number of ether oxygens (including phenoxy) is 1. The minimum Gasteiger partial charge on any atom is -0.379 e. The summed E-state index contributed by atoms with van der Waals surface area (Å²) in [6, 6.07) is 12.5. The summed E-state index contributed by atoms with van der Waals surface area (Å²) < 4.78 is 29.4. The van der Waals surface area contributed by atoms with E-state index in [1.807, 2.05) is 19.1 Å². The van der Waals surface area contributed by atoms with Crippen LogP contribution in [-0.4, -0.2) is 57.3 Å². The van der Waals surface area contributed by atoms with Gasteiger partial charge in [-0.05, 0) is 24.6 Å². The minimum atomic E-state index is -3.73. The summed E-state index contributed by atoms with van der Waals surface area (Å²) in [5.74, 6) is 0. The zero-order valence-corrected chi connectivity index (χ0v) is 17.3. The van der Waals surface area contributed by atoms with Gasteiger partial charge in [0.25, 0.3) is 0 Å². The van der Waals surface area contributed by atoms with E-state index in [-0.39, 0.29) is 16.6 Å². The van der Waals surface area contributed by atoms with Crippen LogP contribution in [0.3, 0.4) is 0 Å². The third-order valence-electron chi connectivity index (χ3n) is 5.02. The van der Waals surface area contributed by atoms with Gasteiger partial charge in [-0.1, -0.05) is 35.9 Å². The van der Waals surface area contributed by atoms with E-state index in [0.717, 1.165) is 30.5 Å². The Morgan fingerprint density at radius 2 is 1.83 bits per heavy atom. The molecule has 0 radical (unpaired) electrons. The van der Waals surface area contributed by atoms with E-state index in [1.165, 1.54) is 12.1 Å². The summed E-state index contributed by atoms with van der Waals surface area (Å²) in [5.41, 5.74) is 2.02. The van der Waals surface area contributed by atoms with Crippen LogP contribution in [-0.2, 0) is 14.6 Å². The van der Waals surface area contributed by atoms with Gasteiger partial charge in [-0.3, -0.25) is 15.0 Å². The van der Waals surface area contributed by atoms with Crippen LogP contribution in [0.25, 0.3) is 0 Å². The van der Waals surface area contributed by atoms with Crippen LogP contribution >= 0.6 is 0 Å². The number of anilines is 1. The number of nitrogens with zero attached hydrogens (tertiary/aromatic N) is 2. The molecule has 29 heavy (non-hydrogen) atoms. The molecule has 0 bridgehead atoms. The van der Waals surface area contributed by atoms with Gasteiger partial charge in [-0.25, -0.2) is 8.42 Å². The van der Waals surface area contributed by atoms with Crippen LogP contribution in [0.4, 0.5) is 11.4 Å². The molecule has 156 valence electrons. The van der Waals surface area contributed by atoms with Crippen LogP contribution in [0.2, 0.25) is 0 Å². The van der Waals surface area contributed by atoms with Crippen molar-refractivity contribution in [1.82, 2.24) is 4.90 Å². The van der Waals surface area contributed by atoms with E-state index in [2.05, 4.69) is 22.3 Å². The van der Waals surface area contributed by atoms with Crippen molar-refractivity contribution >= 4 is 21.2 Å². The SMILES string of the molecule is Cc1ccc(C(CNc2cccc(S(C)(=O)=O)c2[N+](=O)[O-])N2CCOCC2)cc1. The van der Waals surface area contributed by atoms with Crippen molar-refractivity contribution < 1.29 is 18.1 Å². The molecule has 1 N–H and O–H groups in total. The fourth-order valence-corrected chi connectivity index (χ4v) is 4.36. The summed E-state index contributed by atoms with van der Waals surface area (Å²) in [4.78, 5) is 13.0. The predicted molar refractivity (Wildman–Crippen MR) is 111 cm³/mol. The standard InChI is InChI=1S/C20H25N3O5S/c1-15-6-8-16(9-7-15)18(22-10-12-28-13-11-22)14-21-17-4-3-5-19(29(2,26)27)20(17)23(24)25/h3-9,18,21H,10-14H2,1-2H3.